The lowest BCUT2D eigenvalue weighted by atomic mass is 9.99. The number of halogens is 1. The van der Waals surface area contributed by atoms with Crippen molar-refractivity contribution < 1.29 is 23.8 Å². The Morgan fingerprint density at radius 1 is 1.24 bits per heavy atom. The molecule has 0 bridgehead atoms. The van der Waals surface area contributed by atoms with Crippen molar-refractivity contribution in [1.29, 1.82) is 0 Å². The van der Waals surface area contributed by atoms with Gasteiger partial charge < -0.3 is 19.5 Å². The molecule has 1 aliphatic rings. The van der Waals surface area contributed by atoms with Crippen molar-refractivity contribution in [3.8, 4) is 16.9 Å². The van der Waals surface area contributed by atoms with Gasteiger partial charge >= 0.3 is 6.09 Å². The number of benzene rings is 2. The lowest BCUT2D eigenvalue weighted by Gasteiger charge is -2.49. The normalized spacial score (nSPS) is 19.1. The number of ether oxygens (including phenoxy) is 1. The summed E-state index contributed by atoms with van der Waals surface area (Å²) < 4.78 is 18.9. The van der Waals surface area contributed by atoms with Crippen molar-refractivity contribution in [3.63, 3.8) is 0 Å². The van der Waals surface area contributed by atoms with Gasteiger partial charge in [-0.2, -0.15) is 0 Å². The molecule has 0 radical (unpaired) electrons. The number of carbonyl (C=O) groups is 2. The maximum Gasteiger partial charge on any atom is 0.408 e. The highest BCUT2D eigenvalue weighted by molar-refractivity contribution is 5.70. The van der Waals surface area contributed by atoms with Crippen LogP contribution in [0, 0.1) is 5.82 Å². The maximum absolute atomic E-state index is 14.0. The summed E-state index contributed by atoms with van der Waals surface area (Å²) in [5, 5.41) is 12.5. The summed E-state index contributed by atoms with van der Waals surface area (Å²) in [7, 11) is 3.08. The number of nitrogens with zero attached hydrogens (tertiary/aromatic N) is 2. The molecule has 2 N–H and O–H groups in total. The van der Waals surface area contributed by atoms with Crippen molar-refractivity contribution in [3.05, 3.63) is 48.3 Å². The van der Waals surface area contributed by atoms with Crippen LogP contribution in [0.25, 0.3) is 11.1 Å². The molecule has 1 amide bonds. The molecule has 0 aromatic heterocycles. The first kappa shape index (κ1) is 20.6. The molecule has 2 aromatic carbocycles. The van der Waals surface area contributed by atoms with E-state index in [1.807, 2.05) is 29.2 Å². The minimum Gasteiger partial charge on any atom is -0.494 e. The molecule has 8 heteroatoms. The zero-order chi connectivity index (χ0) is 21.0. The van der Waals surface area contributed by atoms with Crippen LogP contribution >= 0.6 is 0 Å². The van der Waals surface area contributed by atoms with Gasteiger partial charge in [0.1, 0.15) is 11.9 Å². The van der Waals surface area contributed by atoms with Gasteiger partial charge in [0.05, 0.1) is 13.7 Å². The van der Waals surface area contributed by atoms with Crippen LogP contribution in [0.3, 0.4) is 0 Å². The van der Waals surface area contributed by atoms with Crippen LogP contribution in [0.4, 0.5) is 14.9 Å². The van der Waals surface area contributed by atoms with E-state index in [9.17, 15) is 19.1 Å². The first-order valence-electron chi connectivity index (χ1n) is 9.26. The number of aldehydes is 1. The summed E-state index contributed by atoms with van der Waals surface area (Å²) in [6, 6.07) is 12.4. The molecule has 29 heavy (non-hydrogen) atoms. The number of rotatable bonds is 6. The molecule has 1 unspecified atom stereocenters. The molecule has 1 saturated heterocycles. The monoisotopic (exact) mass is 401 g/mol. The van der Waals surface area contributed by atoms with Crippen LogP contribution in [0.2, 0.25) is 0 Å². The van der Waals surface area contributed by atoms with Crippen molar-refractivity contribution in [2.45, 2.75) is 12.1 Å². The third-order valence-electron chi connectivity index (χ3n) is 5.40. The summed E-state index contributed by atoms with van der Waals surface area (Å²) in [4.78, 5) is 26.2. The van der Waals surface area contributed by atoms with Crippen LogP contribution in [0.15, 0.2) is 42.5 Å². The number of likely N-dealkylation sites (N-methyl/N-ethyl adjacent to an activating group) is 1. The Balaban J connectivity index is 1.83. The van der Waals surface area contributed by atoms with E-state index in [0.717, 1.165) is 23.1 Å². The average Bonchev–Trinajstić information content (AvgIpc) is 2.73. The smallest absolute Gasteiger partial charge is 0.408 e. The number of amides is 1. The van der Waals surface area contributed by atoms with E-state index >= 15 is 0 Å². The molecule has 1 atom stereocenters. The van der Waals surface area contributed by atoms with Gasteiger partial charge in [-0.25, -0.2) is 9.18 Å². The summed E-state index contributed by atoms with van der Waals surface area (Å²) in [6.45, 7) is 1.12. The predicted molar refractivity (Wildman–Crippen MR) is 108 cm³/mol. The number of piperazine rings is 1. The van der Waals surface area contributed by atoms with E-state index in [4.69, 9.17) is 4.74 Å². The topological polar surface area (TPSA) is 82.1 Å². The number of anilines is 1. The Hall–Kier alpha value is -3.13. The zero-order valence-corrected chi connectivity index (χ0v) is 16.4. The minimum atomic E-state index is -1.06. The fraction of sp³-hybridized carbons (Fsp3) is 0.333. The third-order valence-corrected chi connectivity index (χ3v) is 5.40. The first-order valence-corrected chi connectivity index (χ1v) is 9.26. The van der Waals surface area contributed by atoms with Crippen molar-refractivity contribution >= 4 is 18.1 Å². The van der Waals surface area contributed by atoms with Gasteiger partial charge in [0.15, 0.2) is 11.6 Å². The van der Waals surface area contributed by atoms with Gasteiger partial charge in [0.25, 0.3) is 0 Å². The molecule has 0 saturated carbocycles. The summed E-state index contributed by atoms with van der Waals surface area (Å²) in [5.74, 6) is -0.230. The Morgan fingerprint density at radius 2 is 1.93 bits per heavy atom. The van der Waals surface area contributed by atoms with E-state index in [0.29, 0.717) is 13.1 Å². The molecule has 1 heterocycles. The zero-order valence-electron chi connectivity index (χ0n) is 16.4. The Morgan fingerprint density at radius 3 is 2.48 bits per heavy atom. The van der Waals surface area contributed by atoms with E-state index in [2.05, 4.69) is 5.32 Å². The summed E-state index contributed by atoms with van der Waals surface area (Å²) in [5.41, 5.74) is 1.51. The number of hydrogen-bond acceptors (Lipinski definition) is 5. The highest BCUT2D eigenvalue weighted by Crippen LogP contribution is 2.30. The van der Waals surface area contributed by atoms with E-state index in [-0.39, 0.29) is 18.7 Å². The minimum absolute atomic E-state index is 0.0511. The predicted octanol–water partition coefficient (Wildman–Crippen LogP) is 2.81. The first-order chi connectivity index (χ1) is 13.9. The van der Waals surface area contributed by atoms with Gasteiger partial charge in [-0.1, -0.05) is 18.2 Å². The largest absolute Gasteiger partial charge is 0.494 e. The van der Waals surface area contributed by atoms with Gasteiger partial charge in [-0.3, -0.25) is 10.2 Å². The number of carbonyl (C=O) groups excluding carboxylic acids is 1. The SMILES string of the molecule is CNC1(CC=O)CN(c2ccc(-c3ccc(OC)c(F)c3)cc2)CCN1C(=O)O. The van der Waals surface area contributed by atoms with E-state index in [1.54, 1.807) is 19.2 Å². The molecule has 0 aliphatic carbocycles. The second-order valence-corrected chi connectivity index (χ2v) is 6.90. The molecule has 1 fully saturated rings. The van der Waals surface area contributed by atoms with Crippen LogP contribution in [-0.2, 0) is 4.79 Å². The van der Waals surface area contributed by atoms with Crippen LogP contribution < -0.4 is 15.0 Å². The van der Waals surface area contributed by atoms with E-state index < -0.39 is 17.6 Å². The van der Waals surface area contributed by atoms with E-state index in [1.165, 1.54) is 18.1 Å². The summed E-state index contributed by atoms with van der Waals surface area (Å²) in [6.07, 6.45) is -0.273. The molecule has 7 nitrogen and oxygen atoms in total. The number of hydrogen-bond donors (Lipinski definition) is 2. The highest BCUT2D eigenvalue weighted by atomic mass is 19.1. The quantitative estimate of drug-likeness (QED) is 0.725. The molecule has 1 aliphatic heterocycles. The molecular formula is C21H24FN3O4. The van der Waals surface area contributed by atoms with Gasteiger partial charge in [0.2, 0.25) is 0 Å². The lowest BCUT2D eigenvalue weighted by molar-refractivity contribution is -0.110. The summed E-state index contributed by atoms with van der Waals surface area (Å²) >= 11 is 0. The standard InChI is InChI=1S/C21H24FN3O4/c1-23-21(9-12-26)14-24(10-11-25(21)20(27)28)17-6-3-15(4-7-17)16-5-8-19(29-2)18(22)13-16/h3-8,12-13,23H,9-11,14H2,1-2H3,(H,27,28). The Bertz CT molecular complexity index is 890. The van der Waals surface area contributed by atoms with Crippen molar-refractivity contribution in [1.82, 2.24) is 10.2 Å². The molecule has 3 rings (SSSR count). The number of methoxy groups -OCH3 is 1. The maximum atomic E-state index is 14.0. The third kappa shape index (κ3) is 4.02. The Kier molecular flexibility index (Phi) is 6.03. The highest BCUT2D eigenvalue weighted by Gasteiger charge is 2.43. The van der Waals surface area contributed by atoms with Gasteiger partial charge in [0, 0.05) is 25.2 Å². The van der Waals surface area contributed by atoms with Gasteiger partial charge in [-0.15, -0.1) is 0 Å². The molecular weight excluding hydrogens is 377 g/mol. The Labute approximate surface area is 168 Å². The van der Waals surface area contributed by atoms with Crippen LogP contribution in [0.1, 0.15) is 6.42 Å². The second kappa shape index (κ2) is 8.48. The van der Waals surface area contributed by atoms with Gasteiger partial charge in [-0.05, 0) is 42.4 Å². The molecule has 2 aromatic rings. The molecule has 0 spiro atoms. The molecule has 154 valence electrons. The van der Waals surface area contributed by atoms with Crippen molar-refractivity contribution in [2.75, 3.05) is 38.7 Å². The number of carboxylic acid groups (broad SMARTS) is 1. The van der Waals surface area contributed by atoms with Crippen molar-refractivity contribution in [2.24, 2.45) is 0 Å². The van der Waals surface area contributed by atoms with Crippen LogP contribution in [-0.4, -0.2) is 61.8 Å². The number of nitrogens with one attached hydrogen (secondary N) is 1. The average molecular weight is 401 g/mol. The lowest BCUT2D eigenvalue weighted by Crippen LogP contribution is -2.69. The fourth-order valence-electron chi connectivity index (χ4n) is 3.75. The van der Waals surface area contributed by atoms with Crippen LogP contribution in [0.5, 0.6) is 5.75 Å². The fourth-order valence-corrected chi connectivity index (χ4v) is 3.75. The second-order valence-electron chi connectivity index (χ2n) is 6.90.